The van der Waals surface area contributed by atoms with Gasteiger partial charge in [0, 0.05) is 4.47 Å². The molecule has 7 nitrogen and oxygen atoms in total. The van der Waals surface area contributed by atoms with E-state index in [2.05, 4.69) is 47.8 Å². The third-order valence-electron chi connectivity index (χ3n) is 4.55. The van der Waals surface area contributed by atoms with Crippen molar-refractivity contribution in [3.05, 3.63) is 25.6 Å². The molecule has 0 N–H and O–H groups in total. The van der Waals surface area contributed by atoms with Crippen LogP contribution in [-0.2, 0) is 28.5 Å². The highest BCUT2D eigenvalue weighted by Gasteiger charge is 2.62. The molecule has 3 fully saturated rings. The summed E-state index contributed by atoms with van der Waals surface area (Å²) in [5, 5.41) is 0. The van der Waals surface area contributed by atoms with E-state index >= 15 is 0 Å². The molecule has 10 heteroatoms. The third-order valence-corrected chi connectivity index (χ3v) is 6.19. The van der Waals surface area contributed by atoms with Gasteiger partial charge in [0.2, 0.25) is 0 Å². The number of halogens is 3. The van der Waals surface area contributed by atoms with Gasteiger partial charge in [-0.25, -0.2) is 4.79 Å². The Bertz CT molecular complexity index is 789. The van der Waals surface area contributed by atoms with Gasteiger partial charge in [-0.3, -0.25) is 0 Å². The van der Waals surface area contributed by atoms with Crippen molar-refractivity contribution in [3.63, 3.8) is 0 Å². The van der Waals surface area contributed by atoms with Crippen LogP contribution in [0.4, 0.5) is 0 Å². The molecule has 0 radical (unpaired) electrons. The lowest BCUT2D eigenvalue weighted by atomic mass is 9.99. The van der Waals surface area contributed by atoms with Crippen LogP contribution in [0.1, 0.15) is 27.7 Å². The van der Waals surface area contributed by atoms with E-state index in [0.29, 0.717) is 14.7 Å². The molecule has 154 valence electrons. The van der Waals surface area contributed by atoms with Crippen molar-refractivity contribution in [1.82, 2.24) is 0 Å². The van der Waals surface area contributed by atoms with Crippen molar-refractivity contribution in [2.24, 2.45) is 0 Å². The Hall–Kier alpha value is -0.0700. The summed E-state index contributed by atoms with van der Waals surface area (Å²) in [6.07, 6.45) is -3.51. The van der Waals surface area contributed by atoms with Gasteiger partial charge in [0.25, 0.3) is 0 Å². The molecule has 0 bridgehead atoms. The average Bonchev–Trinajstić information content (AvgIpc) is 3.03. The van der Waals surface area contributed by atoms with Gasteiger partial charge in [0.15, 0.2) is 29.7 Å². The molecule has 1 aromatic carbocycles. The van der Waals surface area contributed by atoms with E-state index in [0.717, 1.165) is 4.47 Å². The Morgan fingerprint density at radius 2 is 1.43 bits per heavy atom. The number of carbonyl (C=O) groups is 1. The first-order valence-electron chi connectivity index (χ1n) is 8.69. The minimum absolute atomic E-state index is 0.345. The standard InChI is InChI=1S/C18H19Br3O7/c1-17(2)25-11-12(26-17)14-16(28-18(3,4)27-14)24-13(11)15(22)23-10-8(20)5-7(19)6-9(10)21/h5-6,11-14,16H,1-4H3. The lowest BCUT2D eigenvalue weighted by Crippen LogP contribution is -2.58. The molecule has 1 aromatic rings. The molecule has 28 heavy (non-hydrogen) atoms. The van der Waals surface area contributed by atoms with Gasteiger partial charge in [0.1, 0.15) is 18.3 Å². The van der Waals surface area contributed by atoms with Gasteiger partial charge < -0.3 is 28.4 Å². The molecule has 5 atom stereocenters. The third kappa shape index (κ3) is 3.94. The van der Waals surface area contributed by atoms with Crippen molar-refractivity contribution in [2.75, 3.05) is 0 Å². The second-order valence-corrected chi connectivity index (χ2v) is 10.3. The number of ether oxygens (including phenoxy) is 6. The fourth-order valence-corrected chi connectivity index (χ4v) is 6.01. The molecule has 3 aliphatic heterocycles. The Kier molecular flexibility index (Phi) is 5.49. The number of hydrogen-bond donors (Lipinski definition) is 0. The first kappa shape index (κ1) is 21.2. The van der Waals surface area contributed by atoms with Gasteiger partial charge in [-0.05, 0) is 71.7 Å². The number of rotatable bonds is 2. The van der Waals surface area contributed by atoms with Crippen LogP contribution in [0.25, 0.3) is 0 Å². The fraction of sp³-hybridized carbons (Fsp3) is 0.611. The van der Waals surface area contributed by atoms with Gasteiger partial charge in [0.05, 0.1) is 8.95 Å². The summed E-state index contributed by atoms with van der Waals surface area (Å²) in [5.41, 5.74) is 0. The zero-order chi connectivity index (χ0) is 20.4. The van der Waals surface area contributed by atoms with Crippen LogP contribution in [0.15, 0.2) is 25.6 Å². The molecular weight excluding hydrogens is 568 g/mol. The van der Waals surface area contributed by atoms with Crippen LogP contribution in [0.2, 0.25) is 0 Å². The summed E-state index contributed by atoms with van der Waals surface area (Å²) >= 11 is 10.2. The Morgan fingerprint density at radius 3 is 2.07 bits per heavy atom. The van der Waals surface area contributed by atoms with Crippen molar-refractivity contribution in [3.8, 4) is 5.75 Å². The van der Waals surface area contributed by atoms with E-state index in [-0.39, 0.29) is 0 Å². The van der Waals surface area contributed by atoms with Crippen LogP contribution in [0.3, 0.4) is 0 Å². The lowest BCUT2D eigenvalue weighted by molar-refractivity contribution is -0.236. The van der Waals surface area contributed by atoms with Crippen molar-refractivity contribution in [2.45, 2.75) is 70.0 Å². The predicted molar refractivity (Wildman–Crippen MR) is 108 cm³/mol. The number of benzene rings is 1. The summed E-state index contributed by atoms with van der Waals surface area (Å²) < 4.78 is 37.3. The number of fused-ring (bicyclic) bond motifs is 3. The summed E-state index contributed by atoms with van der Waals surface area (Å²) in [6, 6.07) is 3.56. The van der Waals surface area contributed by atoms with E-state index in [1.807, 2.05) is 0 Å². The van der Waals surface area contributed by atoms with E-state index in [9.17, 15) is 4.79 Å². The second kappa shape index (κ2) is 7.26. The highest BCUT2D eigenvalue weighted by molar-refractivity contribution is 9.11. The highest BCUT2D eigenvalue weighted by Crippen LogP contribution is 2.45. The van der Waals surface area contributed by atoms with Crippen LogP contribution in [0, 0.1) is 0 Å². The molecule has 3 aliphatic rings. The van der Waals surface area contributed by atoms with Gasteiger partial charge in [-0.2, -0.15) is 0 Å². The van der Waals surface area contributed by atoms with Gasteiger partial charge in [-0.1, -0.05) is 15.9 Å². The quantitative estimate of drug-likeness (QED) is 0.378. The monoisotopic (exact) mass is 584 g/mol. The molecule has 0 saturated carbocycles. The maximum atomic E-state index is 13.0. The molecule has 4 rings (SSSR count). The minimum Gasteiger partial charge on any atom is -0.422 e. The molecule has 0 spiro atoms. The zero-order valence-electron chi connectivity index (χ0n) is 15.5. The molecule has 3 saturated heterocycles. The lowest BCUT2D eigenvalue weighted by Gasteiger charge is -2.35. The number of carbonyl (C=O) groups excluding carboxylic acids is 1. The smallest absolute Gasteiger partial charge is 0.343 e. The molecule has 0 amide bonds. The van der Waals surface area contributed by atoms with E-state index in [1.165, 1.54) is 0 Å². The van der Waals surface area contributed by atoms with E-state index in [4.69, 9.17) is 28.4 Å². The molecular formula is C18H19Br3O7. The topological polar surface area (TPSA) is 72.5 Å². The molecule has 3 heterocycles. The summed E-state index contributed by atoms with van der Waals surface area (Å²) in [5.74, 6) is -2.00. The Labute approximate surface area is 187 Å². The molecule has 5 unspecified atom stereocenters. The van der Waals surface area contributed by atoms with Crippen LogP contribution in [0.5, 0.6) is 5.75 Å². The predicted octanol–water partition coefficient (Wildman–Crippen LogP) is 4.28. The SMILES string of the molecule is CC1(C)OC2OC(C(=O)Oc3c(Br)cc(Br)cc3Br)C3OC(C)(C)OC3C2O1. The summed E-state index contributed by atoms with van der Waals surface area (Å²) in [4.78, 5) is 13.0. The first-order chi connectivity index (χ1) is 13.0. The van der Waals surface area contributed by atoms with Gasteiger partial charge in [-0.15, -0.1) is 0 Å². The van der Waals surface area contributed by atoms with Crippen LogP contribution >= 0.6 is 47.8 Å². The van der Waals surface area contributed by atoms with Crippen molar-refractivity contribution in [1.29, 1.82) is 0 Å². The minimum atomic E-state index is -1.03. The van der Waals surface area contributed by atoms with Crippen molar-refractivity contribution >= 4 is 53.8 Å². The molecule has 0 aromatic heterocycles. The first-order valence-corrected chi connectivity index (χ1v) is 11.1. The Balaban J connectivity index is 1.61. The van der Waals surface area contributed by atoms with Gasteiger partial charge >= 0.3 is 5.97 Å². The average molecular weight is 587 g/mol. The van der Waals surface area contributed by atoms with E-state index < -0.39 is 48.2 Å². The highest BCUT2D eigenvalue weighted by atomic mass is 79.9. The Morgan fingerprint density at radius 1 is 0.893 bits per heavy atom. The maximum Gasteiger partial charge on any atom is 0.343 e. The zero-order valence-corrected chi connectivity index (χ0v) is 20.3. The normalized spacial score (nSPS) is 35.3. The number of hydrogen-bond acceptors (Lipinski definition) is 7. The summed E-state index contributed by atoms with van der Waals surface area (Å²) in [7, 11) is 0. The van der Waals surface area contributed by atoms with Crippen molar-refractivity contribution < 1.29 is 33.2 Å². The summed E-state index contributed by atoms with van der Waals surface area (Å²) in [6.45, 7) is 7.14. The van der Waals surface area contributed by atoms with Crippen LogP contribution in [-0.4, -0.2) is 48.2 Å². The molecule has 0 aliphatic carbocycles. The van der Waals surface area contributed by atoms with Crippen LogP contribution < -0.4 is 4.74 Å². The fourth-order valence-electron chi connectivity index (χ4n) is 3.59. The number of esters is 1. The maximum absolute atomic E-state index is 13.0. The largest absolute Gasteiger partial charge is 0.422 e. The second-order valence-electron chi connectivity index (χ2n) is 7.71. The van der Waals surface area contributed by atoms with E-state index in [1.54, 1.807) is 39.8 Å².